The summed E-state index contributed by atoms with van der Waals surface area (Å²) in [5.41, 5.74) is 6.59. The second-order valence-corrected chi connectivity index (χ2v) is 5.80. The molecule has 0 aliphatic heterocycles. The van der Waals surface area contributed by atoms with Gasteiger partial charge in [0.2, 0.25) is 0 Å². The fourth-order valence-corrected chi connectivity index (χ4v) is 3.01. The van der Waals surface area contributed by atoms with Crippen LogP contribution in [0, 0.1) is 12.7 Å². The van der Waals surface area contributed by atoms with Gasteiger partial charge in [-0.05, 0) is 40.5 Å². The van der Waals surface area contributed by atoms with Gasteiger partial charge in [0.15, 0.2) is 5.16 Å². The molecule has 7 heteroatoms. The lowest BCUT2D eigenvalue weighted by Gasteiger charge is -2.06. The van der Waals surface area contributed by atoms with Crippen molar-refractivity contribution in [2.24, 2.45) is 5.73 Å². The normalized spacial score (nSPS) is 10.9. The summed E-state index contributed by atoms with van der Waals surface area (Å²) in [6.07, 6.45) is 0. The van der Waals surface area contributed by atoms with Crippen LogP contribution in [0.4, 0.5) is 4.39 Å². The molecule has 0 saturated heterocycles. The molecular weight excluding hydrogens is 331 g/mol. The summed E-state index contributed by atoms with van der Waals surface area (Å²) in [6.45, 7) is 3.16. The van der Waals surface area contributed by atoms with Gasteiger partial charge in [-0.25, -0.2) is 4.39 Å². The minimum absolute atomic E-state index is 0.254. The molecule has 2 aromatic rings. The number of nitrogens with zero attached hydrogens (tertiary/aromatic N) is 3. The molecule has 19 heavy (non-hydrogen) atoms. The van der Waals surface area contributed by atoms with Crippen molar-refractivity contribution in [2.45, 2.75) is 24.4 Å². The smallest absolute Gasteiger partial charge is 0.191 e. The van der Waals surface area contributed by atoms with Gasteiger partial charge in [0, 0.05) is 18.8 Å². The first-order valence-corrected chi connectivity index (χ1v) is 7.56. The molecule has 2 rings (SSSR count). The molecule has 0 spiro atoms. The molecule has 4 nitrogen and oxygen atoms in total. The number of halogens is 2. The Morgan fingerprint density at radius 3 is 2.89 bits per heavy atom. The lowest BCUT2D eigenvalue weighted by Crippen LogP contribution is -2.12. The van der Waals surface area contributed by atoms with Crippen molar-refractivity contribution >= 4 is 27.7 Å². The Balaban J connectivity index is 2.07. The van der Waals surface area contributed by atoms with Crippen molar-refractivity contribution in [1.29, 1.82) is 0 Å². The molecule has 0 amide bonds. The average Bonchev–Trinajstić information content (AvgIpc) is 2.73. The van der Waals surface area contributed by atoms with Crippen LogP contribution in [0.15, 0.2) is 27.8 Å². The van der Waals surface area contributed by atoms with Crippen molar-refractivity contribution in [3.05, 3.63) is 39.9 Å². The van der Waals surface area contributed by atoms with E-state index >= 15 is 0 Å². The highest BCUT2D eigenvalue weighted by atomic mass is 79.9. The predicted molar refractivity (Wildman–Crippen MR) is 77.5 cm³/mol. The molecular formula is C12H14BrFN4S. The fraction of sp³-hybridized carbons (Fsp3) is 0.333. The van der Waals surface area contributed by atoms with Crippen LogP contribution in [0.2, 0.25) is 0 Å². The molecule has 0 fully saturated rings. The number of benzene rings is 1. The average molecular weight is 345 g/mol. The van der Waals surface area contributed by atoms with E-state index in [1.54, 1.807) is 23.9 Å². The molecule has 0 saturated carbocycles. The molecule has 1 heterocycles. The molecule has 0 aliphatic rings. The number of rotatable bonds is 5. The van der Waals surface area contributed by atoms with Gasteiger partial charge >= 0.3 is 0 Å². The third kappa shape index (κ3) is 3.55. The maximum absolute atomic E-state index is 13.1. The highest BCUT2D eigenvalue weighted by Crippen LogP contribution is 2.24. The zero-order valence-electron chi connectivity index (χ0n) is 10.4. The third-order valence-electron chi connectivity index (χ3n) is 2.61. The predicted octanol–water partition coefficient (Wildman–Crippen LogP) is 2.74. The lowest BCUT2D eigenvalue weighted by molar-refractivity contribution is 0.620. The van der Waals surface area contributed by atoms with E-state index in [4.69, 9.17) is 5.73 Å². The first-order valence-electron chi connectivity index (χ1n) is 5.78. The standard InChI is InChI=1S/C12H14BrFN4S/c1-8-16-17-12(18(8)5-4-15)19-7-9-2-3-11(14)10(13)6-9/h2-3,6H,4-5,7,15H2,1H3. The highest BCUT2D eigenvalue weighted by molar-refractivity contribution is 9.10. The minimum atomic E-state index is -0.254. The minimum Gasteiger partial charge on any atom is -0.329 e. The van der Waals surface area contributed by atoms with Gasteiger partial charge in [-0.15, -0.1) is 10.2 Å². The summed E-state index contributed by atoms with van der Waals surface area (Å²) in [5, 5.41) is 9.01. The first kappa shape index (κ1) is 14.5. The van der Waals surface area contributed by atoms with E-state index in [0.29, 0.717) is 23.3 Å². The van der Waals surface area contributed by atoms with Crippen molar-refractivity contribution in [2.75, 3.05) is 6.54 Å². The van der Waals surface area contributed by atoms with E-state index in [9.17, 15) is 4.39 Å². The highest BCUT2D eigenvalue weighted by Gasteiger charge is 2.09. The van der Waals surface area contributed by atoms with Crippen LogP contribution < -0.4 is 5.73 Å². The quantitative estimate of drug-likeness (QED) is 0.847. The molecule has 0 atom stereocenters. The van der Waals surface area contributed by atoms with Gasteiger partial charge in [-0.1, -0.05) is 17.8 Å². The van der Waals surface area contributed by atoms with Crippen molar-refractivity contribution in [3.8, 4) is 0 Å². The Hall–Kier alpha value is -0.920. The van der Waals surface area contributed by atoms with Gasteiger partial charge in [0.05, 0.1) is 4.47 Å². The largest absolute Gasteiger partial charge is 0.329 e. The van der Waals surface area contributed by atoms with E-state index in [1.165, 1.54) is 6.07 Å². The van der Waals surface area contributed by atoms with Gasteiger partial charge in [0.25, 0.3) is 0 Å². The summed E-state index contributed by atoms with van der Waals surface area (Å²) < 4.78 is 15.6. The molecule has 0 unspecified atom stereocenters. The fourth-order valence-electron chi connectivity index (χ4n) is 1.63. The number of nitrogens with two attached hydrogens (primary N) is 1. The SMILES string of the molecule is Cc1nnc(SCc2ccc(F)c(Br)c2)n1CCN. The van der Waals surface area contributed by atoms with Crippen LogP contribution in [-0.4, -0.2) is 21.3 Å². The summed E-state index contributed by atoms with van der Waals surface area (Å²) in [5.74, 6) is 1.31. The van der Waals surface area contributed by atoms with Crippen LogP contribution in [0.5, 0.6) is 0 Å². The van der Waals surface area contributed by atoms with Crippen LogP contribution in [0.3, 0.4) is 0 Å². The van der Waals surface area contributed by atoms with Crippen molar-refractivity contribution in [3.63, 3.8) is 0 Å². The van der Waals surface area contributed by atoms with Gasteiger partial charge in [-0.3, -0.25) is 0 Å². The van der Waals surface area contributed by atoms with Crippen LogP contribution >= 0.6 is 27.7 Å². The second kappa shape index (κ2) is 6.49. The van der Waals surface area contributed by atoms with Crippen LogP contribution in [0.25, 0.3) is 0 Å². The Labute approximate surface area is 123 Å². The summed E-state index contributed by atoms with van der Waals surface area (Å²) in [7, 11) is 0. The number of hydrogen-bond acceptors (Lipinski definition) is 4. The second-order valence-electron chi connectivity index (χ2n) is 4.01. The summed E-state index contributed by atoms with van der Waals surface area (Å²) in [4.78, 5) is 0. The van der Waals surface area contributed by atoms with Gasteiger partial charge in [-0.2, -0.15) is 0 Å². The van der Waals surface area contributed by atoms with Gasteiger partial charge in [0.1, 0.15) is 11.6 Å². The summed E-state index contributed by atoms with van der Waals surface area (Å²) >= 11 is 4.75. The zero-order chi connectivity index (χ0) is 13.8. The number of aromatic nitrogens is 3. The molecule has 0 bridgehead atoms. The van der Waals surface area contributed by atoms with Gasteiger partial charge < -0.3 is 10.3 Å². The topological polar surface area (TPSA) is 56.7 Å². The Morgan fingerprint density at radius 2 is 2.21 bits per heavy atom. The van der Waals surface area contributed by atoms with E-state index in [1.807, 2.05) is 11.5 Å². The van der Waals surface area contributed by atoms with E-state index in [-0.39, 0.29) is 5.82 Å². The third-order valence-corrected chi connectivity index (χ3v) is 4.25. The molecule has 1 aromatic heterocycles. The molecule has 102 valence electrons. The molecule has 1 aromatic carbocycles. The van der Waals surface area contributed by atoms with Crippen LogP contribution in [-0.2, 0) is 12.3 Å². The van der Waals surface area contributed by atoms with E-state index < -0.39 is 0 Å². The molecule has 2 N–H and O–H groups in total. The van der Waals surface area contributed by atoms with Crippen LogP contribution in [0.1, 0.15) is 11.4 Å². The summed E-state index contributed by atoms with van der Waals surface area (Å²) in [6, 6.07) is 5.00. The zero-order valence-corrected chi connectivity index (χ0v) is 12.8. The molecule has 0 aliphatic carbocycles. The van der Waals surface area contributed by atoms with Crippen molar-refractivity contribution in [1.82, 2.24) is 14.8 Å². The number of thioether (sulfide) groups is 1. The Kier molecular flexibility index (Phi) is 4.95. The Morgan fingerprint density at radius 1 is 1.42 bits per heavy atom. The number of aryl methyl sites for hydroxylation is 1. The monoisotopic (exact) mass is 344 g/mol. The lowest BCUT2D eigenvalue weighted by atomic mass is 10.2. The van der Waals surface area contributed by atoms with E-state index in [0.717, 1.165) is 16.5 Å². The first-order chi connectivity index (χ1) is 9.11. The Bertz CT molecular complexity index is 573. The van der Waals surface area contributed by atoms with E-state index in [2.05, 4.69) is 26.1 Å². The molecule has 0 radical (unpaired) electrons. The maximum atomic E-state index is 13.1. The number of hydrogen-bond donors (Lipinski definition) is 1. The van der Waals surface area contributed by atoms with Crippen molar-refractivity contribution < 1.29 is 4.39 Å². The maximum Gasteiger partial charge on any atom is 0.191 e.